The highest BCUT2D eigenvalue weighted by Crippen LogP contribution is 2.37. The normalized spacial score (nSPS) is 10.9. The lowest BCUT2D eigenvalue weighted by Gasteiger charge is -2.17. The van der Waals surface area contributed by atoms with Gasteiger partial charge in [0.25, 0.3) is 0 Å². The zero-order valence-corrected chi connectivity index (χ0v) is 20.3. The Bertz CT molecular complexity index is 1100. The van der Waals surface area contributed by atoms with Crippen LogP contribution in [0.2, 0.25) is 15.1 Å². The third-order valence-electron chi connectivity index (χ3n) is 4.41. The predicted molar refractivity (Wildman–Crippen MR) is 128 cm³/mol. The van der Waals surface area contributed by atoms with Gasteiger partial charge in [-0.3, -0.25) is 5.10 Å². The molecule has 0 aliphatic rings. The maximum atomic E-state index is 6.54. The molecule has 3 rings (SSSR count). The fourth-order valence-corrected chi connectivity index (χ4v) is 3.94. The van der Waals surface area contributed by atoms with Crippen molar-refractivity contribution in [1.29, 1.82) is 0 Å². The maximum absolute atomic E-state index is 6.54. The molecule has 0 aliphatic carbocycles. The van der Waals surface area contributed by atoms with Crippen LogP contribution in [0.25, 0.3) is 0 Å². The first kappa shape index (κ1) is 23.7. The molecule has 31 heavy (non-hydrogen) atoms. The lowest BCUT2D eigenvalue weighted by atomic mass is 10.2. The van der Waals surface area contributed by atoms with Gasteiger partial charge < -0.3 is 14.9 Å². The van der Waals surface area contributed by atoms with Crippen molar-refractivity contribution in [3.63, 3.8) is 0 Å². The summed E-state index contributed by atoms with van der Waals surface area (Å²) in [6.07, 6.45) is 1.77. The topological polar surface area (TPSA) is 64.1 Å². The van der Waals surface area contributed by atoms with Crippen molar-refractivity contribution in [2.24, 2.45) is 0 Å². The number of rotatable bonds is 10. The van der Waals surface area contributed by atoms with Crippen molar-refractivity contribution in [2.75, 3.05) is 12.0 Å². The highest BCUT2D eigenvalue weighted by atomic mass is 35.5. The van der Waals surface area contributed by atoms with E-state index in [1.54, 1.807) is 16.8 Å². The Morgan fingerprint density at radius 3 is 2.61 bits per heavy atom. The van der Waals surface area contributed by atoms with Crippen LogP contribution in [-0.4, -0.2) is 21.5 Å². The Balaban J connectivity index is 1.78. The van der Waals surface area contributed by atoms with E-state index in [4.69, 9.17) is 56.5 Å². The van der Waals surface area contributed by atoms with Gasteiger partial charge in [0, 0.05) is 22.0 Å². The number of nitrogens with one attached hydrogen (secondary N) is 2. The molecule has 2 aromatic carbocycles. The molecule has 0 atom stereocenters. The molecule has 0 unspecified atom stereocenters. The molecular weight excluding hydrogens is 479 g/mol. The van der Waals surface area contributed by atoms with E-state index in [-0.39, 0.29) is 6.61 Å². The number of aromatic nitrogens is 3. The van der Waals surface area contributed by atoms with E-state index in [9.17, 15) is 0 Å². The van der Waals surface area contributed by atoms with Crippen LogP contribution >= 0.6 is 47.0 Å². The summed E-state index contributed by atoms with van der Waals surface area (Å²) in [4.78, 5) is 0. The van der Waals surface area contributed by atoms with E-state index in [0.717, 1.165) is 29.8 Å². The van der Waals surface area contributed by atoms with E-state index < -0.39 is 0 Å². The standard InChI is InChI=1S/C21H23Cl3N4O2S/c1-3-5-19-26-27-21(31)28(19)25-11-13-8-17(24)20(18(9-13)29-4-2)30-12-14-6-7-15(22)10-16(14)23/h6-10,25H,3-5,11-12H2,1-2H3,(H,27,31). The maximum Gasteiger partial charge on any atom is 0.214 e. The van der Waals surface area contributed by atoms with Gasteiger partial charge in [-0.1, -0.05) is 47.8 Å². The van der Waals surface area contributed by atoms with Crippen LogP contribution in [0.5, 0.6) is 11.5 Å². The van der Waals surface area contributed by atoms with Gasteiger partial charge in [0.2, 0.25) is 4.77 Å². The van der Waals surface area contributed by atoms with Crippen molar-refractivity contribution in [2.45, 2.75) is 39.8 Å². The van der Waals surface area contributed by atoms with Crippen molar-refractivity contribution in [1.82, 2.24) is 14.9 Å². The summed E-state index contributed by atoms with van der Waals surface area (Å²) in [5.41, 5.74) is 5.00. The van der Waals surface area contributed by atoms with Gasteiger partial charge in [-0.2, -0.15) is 5.10 Å². The van der Waals surface area contributed by atoms with Crippen LogP contribution in [0.1, 0.15) is 37.2 Å². The summed E-state index contributed by atoms with van der Waals surface area (Å²) in [5.74, 6) is 1.87. The van der Waals surface area contributed by atoms with E-state index >= 15 is 0 Å². The summed E-state index contributed by atoms with van der Waals surface area (Å²) in [7, 11) is 0. The first-order valence-electron chi connectivity index (χ1n) is 9.85. The molecule has 1 heterocycles. The predicted octanol–water partition coefficient (Wildman–Crippen LogP) is 6.57. The summed E-state index contributed by atoms with van der Waals surface area (Å²) >= 11 is 24.1. The van der Waals surface area contributed by atoms with Crippen molar-refractivity contribution < 1.29 is 9.47 Å². The van der Waals surface area contributed by atoms with Crippen LogP contribution in [0, 0.1) is 4.77 Å². The molecule has 0 saturated heterocycles. The molecule has 0 fully saturated rings. The van der Waals surface area contributed by atoms with Gasteiger partial charge in [0.15, 0.2) is 17.3 Å². The Labute approximate surface area is 201 Å². The van der Waals surface area contributed by atoms with Crippen molar-refractivity contribution >= 4 is 47.0 Å². The van der Waals surface area contributed by atoms with Gasteiger partial charge in [-0.15, -0.1) is 0 Å². The molecule has 3 aromatic rings. The van der Waals surface area contributed by atoms with E-state index in [2.05, 4.69) is 22.5 Å². The van der Waals surface area contributed by atoms with Crippen molar-refractivity contribution in [3.05, 3.63) is 67.1 Å². The molecule has 0 bridgehead atoms. The Morgan fingerprint density at radius 2 is 1.90 bits per heavy atom. The second-order valence-corrected chi connectivity index (χ2v) is 8.37. The molecule has 0 aliphatic heterocycles. The molecule has 1 aromatic heterocycles. The summed E-state index contributed by atoms with van der Waals surface area (Å²) in [5, 5.41) is 8.61. The van der Waals surface area contributed by atoms with Gasteiger partial charge >= 0.3 is 0 Å². The minimum absolute atomic E-state index is 0.234. The lowest BCUT2D eigenvalue weighted by Crippen LogP contribution is -2.17. The number of aromatic amines is 1. The molecular formula is C21H23Cl3N4O2S. The average Bonchev–Trinajstić information content (AvgIpc) is 3.07. The van der Waals surface area contributed by atoms with Crippen LogP contribution in [0.15, 0.2) is 30.3 Å². The van der Waals surface area contributed by atoms with Crippen molar-refractivity contribution in [3.8, 4) is 11.5 Å². The number of nitrogens with zero attached hydrogens (tertiary/aromatic N) is 2. The highest BCUT2D eigenvalue weighted by molar-refractivity contribution is 7.71. The second-order valence-electron chi connectivity index (χ2n) is 6.73. The van der Waals surface area contributed by atoms with Crippen LogP contribution in [0.4, 0.5) is 0 Å². The van der Waals surface area contributed by atoms with Crippen LogP contribution in [-0.2, 0) is 19.6 Å². The molecule has 2 N–H and O–H groups in total. The zero-order valence-electron chi connectivity index (χ0n) is 17.2. The monoisotopic (exact) mass is 500 g/mol. The van der Waals surface area contributed by atoms with Gasteiger partial charge in [0.1, 0.15) is 6.61 Å². The summed E-state index contributed by atoms with van der Waals surface area (Å²) < 4.78 is 14.0. The Hall–Kier alpha value is -1.93. The number of ether oxygens (including phenoxy) is 2. The third kappa shape index (κ3) is 6.07. The van der Waals surface area contributed by atoms with Crippen LogP contribution < -0.4 is 14.9 Å². The molecule has 0 amide bonds. The molecule has 166 valence electrons. The van der Waals surface area contributed by atoms with Crippen LogP contribution in [0.3, 0.4) is 0 Å². The first-order chi connectivity index (χ1) is 14.9. The fourth-order valence-electron chi connectivity index (χ4n) is 2.97. The number of H-pyrrole nitrogens is 1. The fraction of sp³-hybridized carbons (Fsp3) is 0.333. The quantitative estimate of drug-likeness (QED) is 0.307. The number of hydrogen-bond acceptors (Lipinski definition) is 5. The van der Waals surface area contributed by atoms with Gasteiger partial charge in [0.05, 0.1) is 18.2 Å². The number of benzene rings is 2. The minimum Gasteiger partial charge on any atom is -0.490 e. The smallest absolute Gasteiger partial charge is 0.214 e. The number of aryl methyl sites for hydroxylation is 1. The average molecular weight is 502 g/mol. The van der Waals surface area contributed by atoms with E-state index in [0.29, 0.717) is 44.5 Å². The van der Waals surface area contributed by atoms with Gasteiger partial charge in [-0.25, -0.2) is 4.68 Å². The molecule has 10 heteroatoms. The molecule has 0 radical (unpaired) electrons. The Kier molecular flexibility index (Phi) is 8.49. The summed E-state index contributed by atoms with van der Waals surface area (Å²) in [6.45, 7) is 5.18. The molecule has 6 nitrogen and oxygen atoms in total. The first-order valence-corrected chi connectivity index (χ1v) is 11.4. The minimum atomic E-state index is 0.234. The van der Waals surface area contributed by atoms with E-state index in [1.807, 2.05) is 25.1 Å². The SMILES string of the molecule is CCCc1n[nH]c(=S)n1NCc1cc(Cl)c(OCc2ccc(Cl)cc2Cl)c(OCC)c1. The molecule has 0 spiro atoms. The lowest BCUT2D eigenvalue weighted by molar-refractivity contribution is 0.269. The second kappa shape index (κ2) is 11.1. The van der Waals surface area contributed by atoms with E-state index in [1.165, 1.54) is 0 Å². The Morgan fingerprint density at radius 1 is 1.10 bits per heavy atom. The van der Waals surface area contributed by atoms with Gasteiger partial charge in [-0.05, 0) is 55.4 Å². The molecule has 0 saturated carbocycles. The number of halogens is 3. The highest BCUT2D eigenvalue weighted by Gasteiger charge is 2.14. The summed E-state index contributed by atoms with van der Waals surface area (Å²) in [6, 6.07) is 8.98. The third-order valence-corrected chi connectivity index (χ3v) is 5.55. The largest absolute Gasteiger partial charge is 0.490 e. The number of hydrogen-bond donors (Lipinski definition) is 2. The zero-order chi connectivity index (χ0) is 22.4.